The van der Waals surface area contributed by atoms with Crippen molar-refractivity contribution in [3.8, 4) is 5.75 Å². The first-order chi connectivity index (χ1) is 9.56. The zero-order valence-electron chi connectivity index (χ0n) is 10.9. The maximum Gasteiger partial charge on any atom is 0.325 e. The topological polar surface area (TPSA) is 88.5 Å². The van der Waals surface area contributed by atoms with Crippen LogP contribution in [0.3, 0.4) is 0 Å². The summed E-state index contributed by atoms with van der Waals surface area (Å²) in [6.45, 7) is 1.16. The third kappa shape index (κ3) is 3.44. The Morgan fingerprint density at radius 1 is 1.40 bits per heavy atom. The molecular formula is C14H14N2O4. The number of carbonyl (C=O) groups is 2. The molecule has 1 amide bonds. The van der Waals surface area contributed by atoms with Crippen molar-refractivity contribution in [1.29, 1.82) is 0 Å². The van der Waals surface area contributed by atoms with Gasteiger partial charge in [0.15, 0.2) is 6.61 Å². The van der Waals surface area contributed by atoms with Crippen molar-refractivity contribution in [2.24, 2.45) is 0 Å². The summed E-state index contributed by atoms with van der Waals surface area (Å²) < 4.78 is 5.32. The molecule has 0 saturated carbocycles. The smallest absolute Gasteiger partial charge is 0.325 e. The molecule has 0 fully saturated rings. The van der Waals surface area contributed by atoms with Crippen molar-refractivity contribution >= 4 is 22.8 Å². The first-order valence-corrected chi connectivity index (χ1v) is 6.06. The van der Waals surface area contributed by atoms with E-state index in [0.717, 1.165) is 10.9 Å². The van der Waals surface area contributed by atoms with Crippen LogP contribution >= 0.6 is 0 Å². The maximum atomic E-state index is 11.5. The maximum absolute atomic E-state index is 11.5. The number of nitrogens with zero attached hydrogens (tertiary/aromatic N) is 1. The standard InChI is InChI=1S/C14H14N2O4/c1-9(14(18)19)16-13(17)8-20-11-4-5-12-10(7-11)3-2-6-15-12/h2-7,9H,8H2,1H3,(H,16,17)(H,18,19). The fourth-order valence-corrected chi connectivity index (χ4v) is 1.64. The van der Waals surface area contributed by atoms with E-state index in [1.54, 1.807) is 24.4 Å². The Morgan fingerprint density at radius 3 is 2.95 bits per heavy atom. The van der Waals surface area contributed by atoms with Crippen LogP contribution in [-0.4, -0.2) is 34.6 Å². The molecule has 0 bridgehead atoms. The van der Waals surface area contributed by atoms with Crippen LogP contribution in [0.25, 0.3) is 10.9 Å². The van der Waals surface area contributed by atoms with Gasteiger partial charge < -0.3 is 15.2 Å². The van der Waals surface area contributed by atoms with Gasteiger partial charge in [0.05, 0.1) is 5.52 Å². The largest absolute Gasteiger partial charge is 0.484 e. The normalized spacial score (nSPS) is 11.8. The summed E-state index contributed by atoms with van der Waals surface area (Å²) in [5.74, 6) is -1.04. The fraction of sp³-hybridized carbons (Fsp3) is 0.214. The van der Waals surface area contributed by atoms with Crippen LogP contribution in [0.2, 0.25) is 0 Å². The molecule has 104 valence electrons. The van der Waals surface area contributed by atoms with Crippen molar-refractivity contribution in [2.75, 3.05) is 6.61 Å². The van der Waals surface area contributed by atoms with Gasteiger partial charge in [-0.3, -0.25) is 14.6 Å². The van der Waals surface area contributed by atoms with Crippen LogP contribution in [0.4, 0.5) is 0 Å². The molecule has 6 heteroatoms. The number of hydrogen-bond donors (Lipinski definition) is 2. The zero-order chi connectivity index (χ0) is 14.5. The number of benzene rings is 1. The quantitative estimate of drug-likeness (QED) is 0.855. The molecule has 0 saturated heterocycles. The van der Waals surface area contributed by atoms with Gasteiger partial charge in [0, 0.05) is 11.6 Å². The molecule has 0 radical (unpaired) electrons. The van der Waals surface area contributed by atoms with E-state index in [-0.39, 0.29) is 6.61 Å². The number of nitrogens with one attached hydrogen (secondary N) is 1. The summed E-state index contributed by atoms with van der Waals surface area (Å²) in [5, 5.41) is 11.9. The highest BCUT2D eigenvalue weighted by Crippen LogP contribution is 2.18. The van der Waals surface area contributed by atoms with Crippen LogP contribution < -0.4 is 10.1 Å². The van der Waals surface area contributed by atoms with E-state index in [4.69, 9.17) is 9.84 Å². The number of rotatable bonds is 5. The lowest BCUT2D eigenvalue weighted by atomic mass is 10.2. The van der Waals surface area contributed by atoms with Gasteiger partial charge in [0.1, 0.15) is 11.8 Å². The van der Waals surface area contributed by atoms with E-state index in [1.807, 2.05) is 12.1 Å². The number of aromatic nitrogens is 1. The summed E-state index contributed by atoms with van der Waals surface area (Å²) in [6.07, 6.45) is 1.70. The van der Waals surface area contributed by atoms with Gasteiger partial charge in [-0.25, -0.2) is 0 Å². The summed E-state index contributed by atoms with van der Waals surface area (Å²) in [5.41, 5.74) is 0.837. The Morgan fingerprint density at radius 2 is 2.20 bits per heavy atom. The molecule has 1 atom stereocenters. The van der Waals surface area contributed by atoms with Crippen molar-refractivity contribution < 1.29 is 19.4 Å². The molecule has 1 aromatic heterocycles. The SMILES string of the molecule is CC(NC(=O)COc1ccc2ncccc2c1)C(=O)O. The Kier molecular flexibility index (Phi) is 4.14. The van der Waals surface area contributed by atoms with E-state index < -0.39 is 17.9 Å². The highest BCUT2D eigenvalue weighted by Gasteiger charge is 2.14. The van der Waals surface area contributed by atoms with Gasteiger partial charge in [-0.1, -0.05) is 6.07 Å². The lowest BCUT2D eigenvalue weighted by Gasteiger charge is -2.10. The summed E-state index contributed by atoms with van der Waals surface area (Å²) >= 11 is 0. The van der Waals surface area contributed by atoms with E-state index in [1.165, 1.54) is 6.92 Å². The van der Waals surface area contributed by atoms with Gasteiger partial charge in [-0.2, -0.15) is 0 Å². The van der Waals surface area contributed by atoms with Crippen LogP contribution in [-0.2, 0) is 9.59 Å². The highest BCUT2D eigenvalue weighted by atomic mass is 16.5. The lowest BCUT2D eigenvalue weighted by Crippen LogP contribution is -2.40. The highest BCUT2D eigenvalue weighted by molar-refractivity contribution is 5.84. The molecule has 0 aliphatic heterocycles. The average Bonchev–Trinajstić information content (AvgIpc) is 2.44. The van der Waals surface area contributed by atoms with Crippen molar-refractivity contribution in [2.45, 2.75) is 13.0 Å². The minimum absolute atomic E-state index is 0.233. The summed E-state index contributed by atoms with van der Waals surface area (Å²) in [4.78, 5) is 26.3. The second kappa shape index (κ2) is 6.01. The van der Waals surface area contributed by atoms with E-state index in [2.05, 4.69) is 10.3 Å². The Hall–Kier alpha value is -2.63. The molecule has 2 rings (SSSR count). The van der Waals surface area contributed by atoms with Gasteiger partial charge >= 0.3 is 5.97 Å². The Labute approximate surface area is 115 Å². The molecule has 20 heavy (non-hydrogen) atoms. The molecule has 2 aromatic rings. The van der Waals surface area contributed by atoms with E-state index in [9.17, 15) is 9.59 Å². The molecule has 0 aliphatic rings. The number of aliphatic carboxylic acids is 1. The molecule has 2 N–H and O–H groups in total. The number of hydrogen-bond acceptors (Lipinski definition) is 4. The number of amides is 1. The lowest BCUT2D eigenvalue weighted by molar-refractivity contribution is -0.141. The number of ether oxygens (including phenoxy) is 1. The summed E-state index contributed by atoms with van der Waals surface area (Å²) in [7, 11) is 0. The summed E-state index contributed by atoms with van der Waals surface area (Å²) in [6, 6.07) is 8.05. The number of carboxylic acids is 1. The van der Waals surface area contributed by atoms with Crippen molar-refractivity contribution in [1.82, 2.24) is 10.3 Å². The second-order valence-electron chi connectivity index (χ2n) is 4.27. The van der Waals surface area contributed by atoms with Crippen LogP contribution in [0.15, 0.2) is 36.5 Å². The zero-order valence-corrected chi connectivity index (χ0v) is 10.9. The number of carboxylic acid groups (broad SMARTS) is 1. The van der Waals surface area contributed by atoms with E-state index in [0.29, 0.717) is 5.75 Å². The average molecular weight is 274 g/mol. The minimum Gasteiger partial charge on any atom is -0.484 e. The predicted octanol–water partition coefficient (Wildman–Crippen LogP) is 1.20. The number of fused-ring (bicyclic) bond motifs is 1. The monoisotopic (exact) mass is 274 g/mol. The molecule has 0 aliphatic carbocycles. The van der Waals surface area contributed by atoms with E-state index >= 15 is 0 Å². The number of carbonyl (C=O) groups excluding carboxylic acids is 1. The van der Waals surface area contributed by atoms with Crippen LogP contribution in [0.1, 0.15) is 6.92 Å². The Balaban J connectivity index is 1.95. The first kappa shape index (κ1) is 13.8. The van der Waals surface area contributed by atoms with Gasteiger partial charge in [0.25, 0.3) is 5.91 Å². The third-order valence-corrected chi connectivity index (χ3v) is 2.69. The fourth-order valence-electron chi connectivity index (χ4n) is 1.64. The van der Waals surface area contributed by atoms with Crippen LogP contribution in [0, 0.1) is 0 Å². The third-order valence-electron chi connectivity index (χ3n) is 2.69. The van der Waals surface area contributed by atoms with Gasteiger partial charge in [0.2, 0.25) is 0 Å². The molecular weight excluding hydrogens is 260 g/mol. The van der Waals surface area contributed by atoms with Crippen LogP contribution in [0.5, 0.6) is 5.75 Å². The molecule has 6 nitrogen and oxygen atoms in total. The molecule has 1 unspecified atom stereocenters. The van der Waals surface area contributed by atoms with Gasteiger partial charge in [-0.05, 0) is 31.2 Å². The number of pyridine rings is 1. The van der Waals surface area contributed by atoms with Crippen molar-refractivity contribution in [3.05, 3.63) is 36.5 Å². The van der Waals surface area contributed by atoms with Crippen molar-refractivity contribution in [3.63, 3.8) is 0 Å². The molecule has 1 heterocycles. The molecule has 1 aromatic carbocycles. The minimum atomic E-state index is -1.09. The van der Waals surface area contributed by atoms with Gasteiger partial charge in [-0.15, -0.1) is 0 Å². The second-order valence-corrected chi connectivity index (χ2v) is 4.27. The first-order valence-electron chi connectivity index (χ1n) is 6.06. The molecule has 0 spiro atoms. The predicted molar refractivity (Wildman–Crippen MR) is 72.5 cm³/mol. The Bertz CT molecular complexity index is 642.